The summed E-state index contributed by atoms with van der Waals surface area (Å²) in [6, 6.07) is 10.1. The number of furan rings is 1. The highest BCUT2D eigenvalue weighted by atomic mass is 19.1. The maximum Gasteiger partial charge on any atom is 0.244 e. The van der Waals surface area contributed by atoms with Crippen LogP contribution in [-0.4, -0.2) is 56.8 Å². The first-order valence-electron chi connectivity index (χ1n) is 11.8. The van der Waals surface area contributed by atoms with Crippen molar-refractivity contribution in [2.45, 2.75) is 20.3 Å². The zero-order chi connectivity index (χ0) is 23.9. The van der Waals surface area contributed by atoms with Crippen LogP contribution in [0.3, 0.4) is 0 Å². The van der Waals surface area contributed by atoms with Gasteiger partial charge in [0.25, 0.3) is 0 Å². The Balaban J connectivity index is 1.50. The lowest BCUT2D eigenvalue weighted by Crippen LogP contribution is -2.38. The second kappa shape index (κ2) is 11.3. The van der Waals surface area contributed by atoms with Crippen LogP contribution in [0.2, 0.25) is 0 Å². The molecule has 2 heterocycles. The van der Waals surface area contributed by atoms with Crippen molar-refractivity contribution in [2.75, 3.05) is 46.0 Å². The largest absolute Gasteiger partial charge is 0.493 e. The summed E-state index contributed by atoms with van der Waals surface area (Å²) in [4.78, 5) is 14.9. The van der Waals surface area contributed by atoms with Gasteiger partial charge in [-0.3, -0.25) is 9.69 Å². The third-order valence-electron chi connectivity index (χ3n) is 5.96. The third kappa shape index (κ3) is 5.85. The Morgan fingerprint density at radius 1 is 1.21 bits per heavy atom. The molecule has 180 valence electrons. The number of nitrogens with zero attached hydrogens (tertiary/aromatic N) is 1. The van der Waals surface area contributed by atoms with Crippen molar-refractivity contribution in [1.29, 1.82) is 0 Å². The van der Waals surface area contributed by atoms with Gasteiger partial charge in [-0.05, 0) is 56.1 Å². The molecular formula is C27H31FN2O4. The molecule has 1 saturated heterocycles. The number of benzene rings is 2. The Morgan fingerprint density at radius 3 is 2.71 bits per heavy atom. The van der Waals surface area contributed by atoms with Crippen LogP contribution < -0.4 is 10.1 Å². The van der Waals surface area contributed by atoms with Crippen molar-refractivity contribution in [3.8, 4) is 16.9 Å². The molecule has 1 amide bonds. The van der Waals surface area contributed by atoms with Gasteiger partial charge in [-0.25, -0.2) is 4.39 Å². The van der Waals surface area contributed by atoms with E-state index in [1.54, 1.807) is 24.5 Å². The number of rotatable bonds is 9. The first-order valence-corrected chi connectivity index (χ1v) is 11.8. The molecule has 0 unspecified atom stereocenters. The molecule has 1 N–H and O–H groups in total. The summed E-state index contributed by atoms with van der Waals surface area (Å²) in [5.74, 6) is 0.238. The van der Waals surface area contributed by atoms with Crippen molar-refractivity contribution >= 4 is 22.4 Å². The molecule has 1 aliphatic rings. The summed E-state index contributed by atoms with van der Waals surface area (Å²) in [5.41, 5.74) is 4.01. The van der Waals surface area contributed by atoms with E-state index < -0.39 is 0 Å². The second-order valence-electron chi connectivity index (χ2n) is 8.36. The number of ether oxygens (including phenoxy) is 2. The van der Waals surface area contributed by atoms with Crippen molar-refractivity contribution in [3.05, 3.63) is 60.1 Å². The molecule has 4 rings (SSSR count). The average molecular weight is 467 g/mol. The Kier molecular flexibility index (Phi) is 7.98. The average Bonchev–Trinajstić information content (AvgIpc) is 3.25. The fraction of sp³-hybridized carbons (Fsp3) is 0.370. The maximum absolute atomic E-state index is 13.4. The third-order valence-corrected chi connectivity index (χ3v) is 5.96. The van der Waals surface area contributed by atoms with Gasteiger partial charge >= 0.3 is 0 Å². The van der Waals surface area contributed by atoms with Crippen LogP contribution in [0.4, 0.5) is 4.39 Å². The Bertz CT molecular complexity index is 1150. The zero-order valence-corrected chi connectivity index (χ0v) is 19.7. The molecule has 6 nitrogen and oxygen atoms in total. The van der Waals surface area contributed by atoms with Gasteiger partial charge in [0.2, 0.25) is 5.91 Å². The molecule has 0 radical (unpaired) electrons. The molecule has 0 saturated carbocycles. The van der Waals surface area contributed by atoms with Crippen molar-refractivity contribution in [2.24, 2.45) is 0 Å². The highest BCUT2D eigenvalue weighted by Crippen LogP contribution is 2.37. The number of hydrogen-bond acceptors (Lipinski definition) is 5. The molecule has 7 heteroatoms. The number of fused-ring (bicyclic) bond motifs is 1. The highest BCUT2D eigenvalue weighted by molar-refractivity contribution is 6.00. The molecule has 3 aromatic rings. The molecule has 0 spiro atoms. The highest BCUT2D eigenvalue weighted by Gasteiger charge is 2.15. The standard InChI is InChI=1S/C27H31FN2O4/c1-3-33-25-17-26-23(24(18-34-26)20-5-7-21(28)8-6-20)16-22(25)19(2)15-27(31)29-9-4-10-30-11-13-32-14-12-30/h5-8,15-18H,3-4,9-14H2,1-2H3,(H,29,31)/b19-15+. The predicted molar refractivity (Wildman–Crippen MR) is 131 cm³/mol. The van der Waals surface area contributed by atoms with Crippen LogP contribution in [0.25, 0.3) is 27.7 Å². The van der Waals surface area contributed by atoms with E-state index >= 15 is 0 Å². The van der Waals surface area contributed by atoms with Crippen molar-refractivity contribution in [3.63, 3.8) is 0 Å². The number of carbonyl (C=O) groups is 1. The summed E-state index contributed by atoms with van der Waals surface area (Å²) in [5, 5.41) is 3.86. The molecule has 1 fully saturated rings. The van der Waals surface area contributed by atoms with Gasteiger partial charge < -0.3 is 19.2 Å². The minimum absolute atomic E-state index is 0.132. The van der Waals surface area contributed by atoms with E-state index in [9.17, 15) is 9.18 Å². The van der Waals surface area contributed by atoms with Crippen LogP contribution in [0.1, 0.15) is 25.8 Å². The Hall–Kier alpha value is -3.16. The van der Waals surface area contributed by atoms with Gasteiger partial charge in [-0.2, -0.15) is 0 Å². The summed E-state index contributed by atoms with van der Waals surface area (Å²) in [6.07, 6.45) is 4.17. The normalized spacial score (nSPS) is 15.0. The van der Waals surface area contributed by atoms with E-state index in [-0.39, 0.29) is 11.7 Å². The van der Waals surface area contributed by atoms with E-state index in [0.29, 0.717) is 24.5 Å². The molecule has 0 aliphatic carbocycles. The molecule has 2 aromatic carbocycles. The summed E-state index contributed by atoms with van der Waals surface area (Å²) in [6.45, 7) is 9.33. The number of amides is 1. The molecule has 1 aromatic heterocycles. The monoisotopic (exact) mass is 466 g/mol. The van der Waals surface area contributed by atoms with Crippen LogP contribution in [-0.2, 0) is 9.53 Å². The number of carbonyl (C=O) groups excluding carboxylic acids is 1. The van der Waals surface area contributed by atoms with Crippen LogP contribution in [0.5, 0.6) is 5.75 Å². The number of nitrogens with one attached hydrogen (secondary N) is 1. The van der Waals surface area contributed by atoms with E-state index in [1.165, 1.54) is 12.1 Å². The number of hydrogen-bond donors (Lipinski definition) is 1. The fourth-order valence-corrected chi connectivity index (χ4v) is 4.16. The quantitative estimate of drug-likeness (QED) is 0.360. The fourth-order valence-electron chi connectivity index (χ4n) is 4.16. The van der Waals surface area contributed by atoms with Crippen LogP contribution in [0, 0.1) is 5.82 Å². The molecule has 0 bridgehead atoms. The molecule has 34 heavy (non-hydrogen) atoms. The maximum atomic E-state index is 13.4. The lowest BCUT2D eigenvalue weighted by molar-refractivity contribution is -0.116. The first-order chi connectivity index (χ1) is 16.5. The summed E-state index contributed by atoms with van der Waals surface area (Å²) < 4.78 is 30.4. The van der Waals surface area contributed by atoms with Gasteiger partial charge in [0, 0.05) is 48.3 Å². The minimum Gasteiger partial charge on any atom is -0.493 e. The smallest absolute Gasteiger partial charge is 0.244 e. The second-order valence-corrected chi connectivity index (χ2v) is 8.36. The summed E-state index contributed by atoms with van der Waals surface area (Å²) in [7, 11) is 0. The van der Waals surface area contributed by atoms with E-state index in [1.807, 2.05) is 26.0 Å². The molecule has 1 aliphatic heterocycles. The lowest BCUT2D eigenvalue weighted by Gasteiger charge is -2.26. The number of halogens is 1. The van der Waals surface area contributed by atoms with E-state index in [4.69, 9.17) is 13.9 Å². The molecule has 0 atom stereocenters. The van der Waals surface area contributed by atoms with E-state index in [0.717, 1.165) is 66.9 Å². The van der Waals surface area contributed by atoms with Gasteiger partial charge in [0.15, 0.2) is 0 Å². The number of allylic oxidation sites excluding steroid dienone is 1. The van der Waals surface area contributed by atoms with Gasteiger partial charge in [-0.1, -0.05) is 12.1 Å². The van der Waals surface area contributed by atoms with E-state index in [2.05, 4.69) is 10.2 Å². The lowest BCUT2D eigenvalue weighted by atomic mass is 9.99. The van der Waals surface area contributed by atoms with Crippen molar-refractivity contribution in [1.82, 2.24) is 10.2 Å². The predicted octanol–water partition coefficient (Wildman–Crippen LogP) is 4.88. The van der Waals surface area contributed by atoms with Gasteiger partial charge in [-0.15, -0.1) is 0 Å². The number of morpholine rings is 1. The van der Waals surface area contributed by atoms with Crippen LogP contribution in [0.15, 0.2) is 53.2 Å². The van der Waals surface area contributed by atoms with Crippen LogP contribution >= 0.6 is 0 Å². The SMILES string of the molecule is CCOc1cc2occ(-c3ccc(F)cc3)c2cc1/C(C)=C/C(=O)NCCCN1CCOCC1. The zero-order valence-electron chi connectivity index (χ0n) is 19.7. The topological polar surface area (TPSA) is 63.9 Å². The van der Waals surface area contributed by atoms with Gasteiger partial charge in [0.1, 0.15) is 17.1 Å². The Labute approximate surface area is 199 Å². The minimum atomic E-state index is -0.286. The summed E-state index contributed by atoms with van der Waals surface area (Å²) >= 11 is 0. The first kappa shape index (κ1) is 24.0. The van der Waals surface area contributed by atoms with Gasteiger partial charge in [0.05, 0.1) is 26.1 Å². The van der Waals surface area contributed by atoms with Crippen molar-refractivity contribution < 1.29 is 23.1 Å². The molecular weight excluding hydrogens is 435 g/mol. The Morgan fingerprint density at radius 2 is 1.97 bits per heavy atom.